The van der Waals surface area contributed by atoms with Gasteiger partial charge in [0.2, 0.25) is 0 Å². The number of fused-ring (bicyclic) bond motifs is 1. The molecule has 1 N–H and O–H groups in total. The Bertz CT molecular complexity index is 940. The second-order valence-electron chi connectivity index (χ2n) is 6.73. The Morgan fingerprint density at radius 2 is 1.85 bits per heavy atom. The molecule has 1 aromatic heterocycles. The van der Waals surface area contributed by atoms with E-state index in [0.717, 1.165) is 22.1 Å². The lowest BCUT2D eigenvalue weighted by Crippen LogP contribution is -2.31. The van der Waals surface area contributed by atoms with Crippen molar-refractivity contribution in [3.05, 3.63) is 71.0 Å². The lowest BCUT2D eigenvalue weighted by Gasteiger charge is -2.12. The highest BCUT2D eigenvalue weighted by Crippen LogP contribution is 2.23. The Kier molecular flexibility index (Phi) is 5.60. The summed E-state index contributed by atoms with van der Waals surface area (Å²) < 4.78 is 10.8. The number of hydrogen-bond donors (Lipinski definition) is 1. The summed E-state index contributed by atoms with van der Waals surface area (Å²) in [5, 5.41) is 3.76. The van der Waals surface area contributed by atoms with Gasteiger partial charge in [0.15, 0.2) is 6.61 Å². The number of rotatable bonds is 6. The number of hydrogen-bond acceptors (Lipinski definition) is 4. The van der Waals surface area contributed by atoms with E-state index >= 15 is 0 Å². The van der Waals surface area contributed by atoms with Crippen LogP contribution in [0.4, 0.5) is 0 Å². The second kappa shape index (κ2) is 8.08. The Labute approximate surface area is 158 Å². The number of para-hydroxylation sites is 1. The number of furan rings is 1. The molecule has 0 unspecified atom stereocenters. The first kappa shape index (κ1) is 18.7. The standard InChI is InChI=1S/C22H23NO4/c1-14-8-9-17(10-15(14)2)11-22(25)26-13-21(24)23-16(3)20-12-18-6-4-5-7-19(18)27-20/h4-10,12,16H,11,13H2,1-3H3,(H,23,24)/t16-/m1/s1. The highest BCUT2D eigenvalue weighted by Gasteiger charge is 2.15. The van der Waals surface area contributed by atoms with Crippen molar-refractivity contribution in [2.75, 3.05) is 6.61 Å². The predicted molar refractivity (Wildman–Crippen MR) is 103 cm³/mol. The summed E-state index contributed by atoms with van der Waals surface area (Å²) in [5.41, 5.74) is 3.94. The molecule has 1 amide bonds. The third-order valence-electron chi connectivity index (χ3n) is 4.53. The number of aryl methyl sites for hydroxylation is 2. The van der Waals surface area contributed by atoms with Crippen molar-refractivity contribution < 1.29 is 18.7 Å². The van der Waals surface area contributed by atoms with Crippen LogP contribution in [0.1, 0.15) is 35.4 Å². The number of ether oxygens (including phenoxy) is 1. The molecular weight excluding hydrogens is 342 g/mol. The van der Waals surface area contributed by atoms with Crippen molar-refractivity contribution in [2.24, 2.45) is 0 Å². The van der Waals surface area contributed by atoms with Crippen molar-refractivity contribution in [2.45, 2.75) is 33.2 Å². The van der Waals surface area contributed by atoms with E-state index in [0.29, 0.717) is 5.76 Å². The van der Waals surface area contributed by atoms with Crippen LogP contribution in [0.3, 0.4) is 0 Å². The smallest absolute Gasteiger partial charge is 0.310 e. The van der Waals surface area contributed by atoms with Crippen LogP contribution in [-0.2, 0) is 20.7 Å². The van der Waals surface area contributed by atoms with Gasteiger partial charge >= 0.3 is 5.97 Å². The largest absolute Gasteiger partial charge is 0.459 e. The molecule has 3 aromatic rings. The predicted octanol–water partition coefficient (Wildman–Crippen LogP) is 4.01. The molecule has 1 heterocycles. The highest BCUT2D eigenvalue weighted by atomic mass is 16.5. The van der Waals surface area contributed by atoms with Crippen LogP contribution in [0.15, 0.2) is 52.9 Å². The first-order valence-corrected chi connectivity index (χ1v) is 8.92. The van der Waals surface area contributed by atoms with Gasteiger partial charge in [-0.15, -0.1) is 0 Å². The van der Waals surface area contributed by atoms with Gasteiger partial charge < -0.3 is 14.5 Å². The molecule has 5 heteroatoms. The number of benzene rings is 2. The maximum absolute atomic E-state index is 12.1. The van der Waals surface area contributed by atoms with Gasteiger partial charge in [0.25, 0.3) is 5.91 Å². The van der Waals surface area contributed by atoms with Crippen molar-refractivity contribution in [1.82, 2.24) is 5.32 Å². The minimum absolute atomic E-state index is 0.146. The molecule has 0 saturated heterocycles. The molecule has 0 fully saturated rings. The zero-order chi connectivity index (χ0) is 19.4. The van der Waals surface area contributed by atoms with Crippen molar-refractivity contribution in [1.29, 1.82) is 0 Å². The quantitative estimate of drug-likeness (QED) is 0.670. The fourth-order valence-electron chi connectivity index (χ4n) is 2.85. The molecule has 140 valence electrons. The Morgan fingerprint density at radius 1 is 1.07 bits per heavy atom. The molecule has 0 saturated carbocycles. The van der Waals surface area contributed by atoms with Crippen LogP contribution in [-0.4, -0.2) is 18.5 Å². The van der Waals surface area contributed by atoms with Gasteiger partial charge in [-0.1, -0.05) is 36.4 Å². The molecule has 27 heavy (non-hydrogen) atoms. The molecule has 3 rings (SSSR count). The molecule has 0 radical (unpaired) electrons. The topological polar surface area (TPSA) is 68.5 Å². The maximum atomic E-state index is 12.1. The summed E-state index contributed by atoms with van der Waals surface area (Å²) in [4.78, 5) is 24.0. The van der Waals surface area contributed by atoms with Crippen LogP contribution in [0, 0.1) is 13.8 Å². The number of esters is 1. The van der Waals surface area contributed by atoms with Gasteiger partial charge in [-0.05, 0) is 49.6 Å². The van der Waals surface area contributed by atoms with Gasteiger partial charge in [-0.2, -0.15) is 0 Å². The number of carbonyl (C=O) groups excluding carboxylic acids is 2. The van der Waals surface area contributed by atoms with Gasteiger partial charge in [0.1, 0.15) is 11.3 Å². The van der Waals surface area contributed by atoms with E-state index in [1.165, 1.54) is 5.56 Å². The van der Waals surface area contributed by atoms with Crippen LogP contribution in [0.5, 0.6) is 0 Å². The summed E-state index contributed by atoms with van der Waals surface area (Å²) >= 11 is 0. The summed E-state index contributed by atoms with van der Waals surface area (Å²) in [7, 11) is 0. The zero-order valence-electron chi connectivity index (χ0n) is 15.7. The maximum Gasteiger partial charge on any atom is 0.310 e. The third kappa shape index (κ3) is 4.76. The fraction of sp³-hybridized carbons (Fsp3) is 0.273. The first-order valence-electron chi connectivity index (χ1n) is 8.92. The minimum Gasteiger partial charge on any atom is -0.459 e. The number of nitrogens with one attached hydrogen (secondary N) is 1. The molecule has 0 aliphatic heterocycles. The van der Waals surface area contributed by atoms with E-state index in [1.54, 1.807) is 0 Å². The SMILES string of the molecule is Cc1ccc(CC(=O)OCC(=O)N[C@H](C)c2cc3ccccc3o2)cc1C. The molecule has 0 aliphatic rings. The lowest BCUT2D eigenvalue weighted by molar-refractivity contribution is -0.148. The monoisotopic (exact) mass is 365 g/mol. The van der Waals surface area contributed by atoms with Gasteiger partial charge in [0, 0.05) is 5.39 Å². The van der Waals surface area contributed by atoms with Crippen molar-refractivity contribution in [3.63, 3.8) is 0 Å². The molecule has 5 nitrogen and oxygen atoms in total. The normalized spacial score (nSPS) is 12.0. The molecule has 1 atom stereocenters. The van der Waals surface area contributed by atoms with E-state index in [-0.39, 0.29) is 25.0 Å². The van der Waals surface area contributed by atoms with E-state index in [2.05, 4.69) is 5.32 Å². The second-order valence-corrected chi connectivity index (χ2v) is 6.73. The van der Waals surface area contributed by atoms with E-state index in [1.807, 2.05) is 69.3 Å². The van der Waals surface area contributed by atoms with Crippen LogP contribution in [0.25, 0.3) is 11.0 Å². The fourth-order valence-corrected chi connectivity index (χ4v) is 2.85. The summed E-state index contributed by atoms with van der Waals surface area (Å²) in [6.07, 6.45) is 0.146. The van der Waals surface area contributed by atoms with Crippen LogP contribution >= 0.6 is 0 Å². The Hall–Kier alpha value is -3.08. The van der Waals surface area contributed by atoms with Gasteiger partial charge in [-0.25, -0.2) is 0 Å². The Morgan fingerprint density at radius 3 is 2.59 bits per heavy atom. The molecular formula is C22H23NO4. The zero-order valence-corrected chi connectivity index (χ0v) is 15.7. The van der Waals surface area contributed by atoms with Crippen LogP contribution in [0.2, 0.25) is 0 Å². The Balaban J connectivity index is 1.49. The van der Waals surface area contributed by atoms with Gasteiger partial charge in [-0.3, -0.25) is 9.59 Å². The number of carbonyl (C=O) groups is 2. The molecule has 2 aromatic carbocycles. The average Bonchev–Trinajstić information content (AvgIpc) is 3.07. The van der Waals surface area contributed by atoms with Crippen LogP contribution < -0.4 is 5.32 Å². The minimum atomic E-state index is -0.426. The van der Waals surface area contributed by atoms with E-state index in [4.69, 9.17) is 9.15 Å². The molecule has 0 aliphatic carbocycles. The summed E-state index contributed by atoms with van der Waals surface area (Å²) in [6.45, 7) is 5.53. The van der Waals surface area contributed by atoms with Crippen molar-refractivity contribution in [3.8, 4) is 0 Å². The highest BCUT2D eigenvalue weighted by molar-refractivity contribution is 5.82. The van der Waals surface area contributed by atoms with Crippen molar-refractivity contribution >= 4 is 22.8 Å². The summed E-state index contributed by atoms with van der Waals surface area (Å²) in [5.74, 6) is -0.132. The molecule has 0 spiro atoms. The van der Waals surface area contributed by atoms with E-state index in [9.17, 15) is 9.59 Å². The number of amides is 1. The first-order chi connectivity index (χ1) is 12.9. The van der Waals surface area contributed by atoms with Gasteiger partial charge in [0.05, 0.1) is 12.5 Å². The van der Waals surface area contributed by atoms with E-state index < -0.39 is 5.97 Å². The average molecular weight is 365 g/mol. The third-order valence-corrected chi connectivity index (χ3v) is 4.53. The summed E-state index contributed by atoms with van der Waals surface area (Å²) in [6, 6.07) is 15.1. The molecule has 0 bridgehead atoms. The lowest BCUT2D eigenvalue weighted by atomic mass is 10.0.